The van der Waals surface area contributed by atoms with E-state index in [1.807, 2.05) is 61.5 Å². The molecular weight excluding hydrogens is 272 g/mol. The third-order valence-electron chi connectivity index (χ3n) is 3.14. The van der Waals surface area contributed by atoms with Crippen molar-refractivity contribution in [2.24, 2.45) is 0 Å². The molecule has 0 spiro atoms. The second kappa shape index (κ2) is 5.47. The summed E-state index contributed by atoms with van der Waals surface area (Å²) in [5.41, 5.74) is 3.00. The fourth-order valence-electron chi connectivity index (χ4n) is 2.04. The lowest BCUT2D eigenvalue weighted by atomic mass is 10.1. The fourth-order valence-corrected chi connectivity index (χ4v) is 2.27. The van der Waals surface area contributed by atoms with Gasteiger partial charge in [0, 0.05) is 5.56 Å². The number of aromatic nitrogens is 2. The van der Waals surface area contributed by atoms with E-state index in [2.05, 4.69) is 10.1 Å². The molecule has 0 aliphatic carbocycles. The molecule has 3 aromatic rings. The zero-order chi connectivity index (χ0) is 13.9. The van der Waals surface area contributed by atoms with Gasteiger partial charge in [0.15, 0.2) is 0 Å². The molecule has 4 heteroatoms. The smallest absolute Gasteiger partial charge is 0.249 e. The predicted octanol–water partition coefficient (Wildman–Crippen LogP) is 4.37. The topological polar surface area (TPSA) is 38.9 Å². The van der Waals surface area contributed by atoms with E-state index in [9.17, 15) is 0 Å². The molecule has 0 bridgehead atoms. The maximum Gasteiger partial charge on any atom is 0.249 e. The molecule has 3 rings (SSSR count). The number of rotatable bonds is 3. The lowest BCUT2D eigenvalue weighted by molar-refractivity contribution is 0.383. The summed E-state index contributed by atoms with van der Waals surface area (Å²) in [7, 11) is 0. The van der Waals surface area contributed by atoms with Gasteiger partial charge in [-0.15, -0.1) is 11.6 Å². The van der Waals surface area contributed by atoms with Gasteiger partial charge in [0.25, 0.3) is 0 Å². The van der Waals surface area contributed by atoms with Crippen LogP contribution in [-0.2, 0) is 0 Å². The molecule has 1 aromatic heterocycles. The number of nitrogens with zero attached hydrogens (tertiary/aromatic N) is 2. The molecule has 0 N–H and O–H groups in total. The van der Waals surface area contributed by atoms with Gasteiger partial charge in [0.05, 0.1) is 0 Å². The van der Waals surface area contributed by atoms with Gasteiger partial charge in [-0.2, -0.15) is 4.98 Å². The van der Waals surface area contributed by atoms with Crippen LogP contribution < -0.4 is 0 Å². The second-order valence-corrected chi connectivity index (χ2v) is 4.98. The molecule has 1 atom stereocenters. The van der Waals surface area contributed by atoms with Crippen molar-refractivity contribution in [1.29, 1.82) is 0 Å². The van der Waals surface area contributed by atoms with Crippen LogP contribution in [0.15, 0.2) is 59.1 Å². The van der Waals surface area contributed by atoms with E-state index in [0.29, 0.717) is 11.7 Å². The Morgan fingerprint density at radius 3 is 2.45 bits per heavy atom. The van der Waals surface area contributed by atoms with Gasteiger partial charge in [-0.1, -0.05) is 59.8 Å². The maximum atomic E-state index is 6.38. The summed E-state index contributed by atoms with van der Waals surface area (Å²) < 4.78 is 5.30. The first-order valence-corrected chi connectivity index (χ1v) is 6.78. The highest BCUT2D eigenvalue weighted by molar-refractivity contribution is 6.22. The number of benzene rings is 2. The van der Waals surface area contributed by atoms with Gasteiger partial charge in [-0.3, -0.25) is 0 Å². The van der Waals surface area contributed by atoms with Crippen LogP contribution in [-0.4, -0.2) is 10.1 Å². The lowest BCUT2D eigenvalue weighted by Crippen LogP contribution is -1.93. The van der Waals surface area contributed by atoms with Crippen LogP contribution >= 0.6 is 11.6 Å². The minimum absolute atomic E-state index is 0.413. The Balaban J connectivity index is 1.93. The number of hydrogen-bond acceptors (Lipinski definition) is 3. The highest BCUT2D eigenvalue weighted by atomic mass is 35.5. The van der Waals surface area contributed by atoms with Crippen LogP contribution in [0, 0.1) is 6.92 Å². The minimum Gasteiger partial charge on any atom is -0.337 e. The van der Waals surface area contributed by atoms with Crippen molar-refractivity contribution >= 4 is 11.6 Å². The second-order valence-electron chi connectivity index (χ2n) is 4.54. The van der Waals surface area contributed by atoms with E-state index < -0.39 is 5.38 Å². The van der Waals surface area contributed by atoms with E-state index in [4.69, 9.17) is 16.1 Å². The van der Waals surface area contributed by atoms with Gasteiger partial charge >= 0.3 is 0 Å². The highest BCUT2D eigenvalue weighted by Crippen LogP contribution is 2.29. The zero-order valence-electron chi connectivity index (χ0n) is 11.0. The molecule has 3 nitrogen and oxygen atoms in total. The van der Waals surface area contributed by atoms with Gasteiger partial charge in [-0.25, -0.2) is 0 Å². The molecule has 0 saturated carbocycles. The summed E-state index contributed by atoms with van der Waals surface area (Å²) in [6.07, 6.45) is 0. The summed E-state index contributed by atoms with van der Waals surface area (Å²) in [4.78, 5) is 4.41. The number of aryl methyl sites for hydroxylation is 1. The minimum atomic E-state index is -0.429. The molecule has 0 fully saturated rings. The van der Waals surface area contributed by atoms with Crippen LogP contribution in [0.2, 0.25) is 0 Å². The Hall–Kier alpha value is -2.13. The third kappa shape index (κ3) is 2.45. The summed E-state index contributed by atoms with van der Waals surface area (Å²) >= 11 is 6.38. The van der Waals surface area contributed by atoms with Gasteiger partial charge in [0.2, 0.25) is 11.7 Å². The molecule has 1 heterocycles. The zero-order valence-corrected chi connectivity index (χ0v) is 11.7. The van der Waals surface area contributed by atoms with Crippen molar-refractivity contribution in [3.05, 3.63) is 71.6 Å². The average molecular weight is 285 g/mol. The molecule has 0 aliphatic rings. The van der Waals surface area contributed by atoms with Gasteiger partial charge in [-0.05, 0) is 18.1 Å². The Kier molecular flexibility index (Phi) is 3.52. The Labute approximate surface area is 122 Å². The van der Waals surface area contributed by atoms with Crippen molar-refractivity contribution in [2.45, 2.75) is 12.3 Å². The van der Waals surface area contributed by atoms with Crippen molar-refractivity contribution < 1.29 is 4.52 Å². The van der Waals surface area contributed by atoms with Crippen LogP contribution in [0.1, 0.15) is 22.4 Å². The number of alkyl halides is 1. The predicted molar refractivity (Wildman–Crippen MR) is 78.6 cm³/mol. The molecule has 20 heavy (non-hydrogen) atoms. The average Bonchev–Trinajstić information content (AvgIpc) is 2.97. The largest absolute Gasteiger partial charge is 0.337 e. The van der Waals surface area contributed by atoms with Crippen molar-refractivity contribution in [2.75, 3.05) is 0 Å². The molecule has 2 aromatic carbocycles. The SMILES string of the molecule is Cc1ccccc1-c1noc(C(Cl)c2ccccc2)n1. The highest BCUT2D eigenvalue weighted by Gasteiger charge is 2.19. The van der Waals surface area contributed by atoms with Crippen LogP contribution in [0.4, 0.5) is 0 Å². The van der Waals surface area contributed by atoms with Crippen LogP contribution in [0.25, 0.3) is 11.4 Å². The molecule has 0 amide bonds. The Morgan fingerprint density at radius 2 is 1.70 bits per heavy atom. The normalized spacial score (nSPS) is 12.3. The standard InChI is InChI=1S/C16H13ClN2O/c1-11-7-5-6-10-13(11)15-18-16(20-19-15)14(17)12-8-3-2-4-9-12/h2-10,14H,1H3. The van der Waals surface area contributed by atoms with E-state index in [1.165, 1.54) is 0 Å². The number of halogens is 1. The van der Waals surface area contributed by atoms with E-state index in [-0.39, 0.29) is 0 Å². The van der Waals surface area contributed by atoms with Crippen LogP contribution in [0.5, 0.6) is 0 Å². The quantitative estimate of drug-likeness (QED) is 0.670. The first-order chi connectivity index (χ1) is 9.75. The molecule has 100 valence electrons. The molecule has 1 unspecified atom stereocenters. The summed E-state index contributed by atoms with van der Waals surface area (Å²) in [5, 5.41) is 3.59. The molecule has 0 aliphatic heterocycles. The molecule has 0 saturated heterocycles. The van der Waals surface area contributed by atoms with Crippen molar-refractivity contribution in [3.8, 4) is 11.4 Å². The first kappa shape index (κ1) is 12.9. The van der Waals surface area contributed by atoms with Gasteiger partial charge in [0.1, 0.15) is 5.38 Å². The summed E-state index contributed by atoms with van der Waals surface area (Å²) in [6.45, 7) is 2.01. The molecule has 0 radical (unpaired) electrons. The van der Waals surface area contributed by atoms with E-state index in [1.54, 1.807) is 0 Å². The van der Waals surface area contributed by atoms with E-state index >= 15 is 0 Å². The molecular formula is C16H13ClN2O. The van der Waals surface area contributed by atoms with Gasteiger partial charge < -0.3 is 4.52 Å². The monoisotopic (exact) mass is 284 g/mol. The van der Waals surface area contributed by atoms with Crippen molar-refractivity contribution in [3.63, 3.8) is 0 Å². The first-order valence-electron chi connectivity index (χ1n) is 6.34. The number of hydrogen-bond donors (Lipinski definition) is 0. The Bertz CT molecular complexity index is 709. The van der Waals surface area contributed by atoms with Crippen LogP contribution in [0.3, 0.4) is 0 Å². The summed E-state index contributed by atoms with van der Waals surface area (Å²) in [6, 6.07) is 17.6. The van der Waals surface area contributed by atoms with E-state index in [0.717, 1.165) is 16.7 Å². The fraction of sp³-hybridized carbons (Fsp3) is 0.125. The Morgan fingerprint density at radius 1 is 1.00 bits per heavy atom. The third-order valence-corrected chi connectivity index (χ3v) is 3.58. The lowest BCUT2D eigenvalue weighted by Gasteiger charge is -2.03. The maximum absolute atomic E-state index is 6.38. The van der Waals surface area contributed by atoms with Crippen molar-refractivity contribution in [1.82, 2.24) is 10.1 Å². The summed E-state index contributed by atoms with van der Waals surface area (Å²) in [5.74, 6) is 0.982.